The molecule has 0 bridgehead atoms. The molecule has 0 radical (unpaired) electrons. The number of rotatable bonds is 2. The number of nitrogens with zero attached hydrogens (tertiary/aromatic N) is 1. The van der Waals surface area contributed by atoms with Crippen molar-refractivity contribution in [2.75, 3.05) is 6.61 Å². The fraction of sp³-hybridized carbons (Fsp3) is 0.700. The van der Waals surface area contributed by atoms with Crippen molar-refractivity contribution >= 4 is 0 Å². The molecule has 0 saturated heterocycles. The van der Waals surface area contributed by atoms with E-state index in [1.165, 1.54) is 11.4 Å². The second-order valence-corrected chi connectivity index (χ2v) is 3.66. The average molecular weight is 180 g/mol. The van der Waals surface area contributed by atoms with Crippen molar-refractivity contribution in [2.45, 2.75) is 39.2 Å². The normalized spacial score (nSPS) is 18.3. The number of aromatic nitrogens is 2. The van der Waals surface area contributed by atoms with E-state index in [9.17, 15) is 0 Å². The molecule has 1 aliphatic heterocycles. The monoisotopic (exact) mass is 180 g/mol. The molecule has 72 valence electrons. The highest BCUT2D eigenvalue weighted by Gasteiger charge is 2.16. The Morgan fingerprint density at radius 2 is 2.46 bits per heavy atom. The second-order valence-electron chi connectivity index (χ2n) is 3.66. The SMILES string of the molecule is CCC(C)c1nc2c([nH]1)COCC2. The molecule has 0 saturated carbocycles. The number of fused-ring (bicyclic) bond motifs is 1. The molecule has 3 heteroatoms. The summed E-state index contributed by atoms with van der Waals surface area (Å²) in [5.41, 5.74) is 2.39. The van der Waals surface area contributed by atoms with Crippen molar-refractivity contribution in [1.82, 2.24) is 9.97 Å². The quantitative estimate of drug-likeness (QED) is 0.755. The van der Waals surface area contributed by atoms with Gasteiger partial charge in [0.25, 0.3) is 0 Å². The van der Waals surface area contributed by atoms with Gasteiger partial charge in [-0.1, -0.05) is 13.8 Å². The summed E-state index contributed by atoms with van der Waals surface area (Å²) in [5, 5.41) is 0. The van der Waals surface area contributed by atoms with E-state index in [2.05, 4.69) is 23.8 Å². The highest BCUT2D eigenvalue weighted by atomic mass is 16.5. The Hall–Kier alpha value is -0.830. The maximum absolute atomic E-state index is 5.35. The van der Waals surface area contributed by atoms with E-state index in [1.807, 2.05) is 0 Å². The van der Waals surface area contributed by atoms with E-state index >= 15 is 0 Å². The average Bonchev–Trinajstić information content (AvgIpc) is 2.59. The summed E-state index contributed by atoms with van der Waals surface area (Å²) < 4.78 is 5.35. The lowest BCUT2D eigenvalue weighted by Crippen LogP contribution is -2.08. The highest BCUT2D eigenvalue weighted by molar-refractivity contribution is 5.17. The first-order valence-corrected chi connectivity index (χ1v) is 4.96. The Balaban J connectivity index is 2.25. The van der Waals surface area contributed by atoms with Gasteiger partial charge in [0, 0.05) is 12.3 Å². The molecule has 0 spiro atoms. The fourth-order valence-corrected chi connectivity index (χ4v) is 1.56. The van der Waals surface area contributed by atoms with Crippen LogP contribution < -0.4 is 0 Å². The van der Waals surface area contributed by atoms with Crippen molar-refractivity contribution in [3.63, 3.8) is 0 Å². The Labute approximate surface area is 78.5 Å². The summed E-state index contributed by atoms with van der Waals surface area (Å²) >= 11 is 0. The number of imidazole rings is 1. The minimum atomic E-state index is 0.533. The van der Waals surface area contributed by atoms with Crippen LogP contribution in [0, 0.1) is 0 Å². The molecule has 3 nitrogen and oxygen atoms in total. The van der Waals surface area contributed by atoms with Crippen molar-refractivity contribution in [1.29, 1.82) is 0 Å². The van der Waals surface area contributed by atoms with Gasteiger partial charge < -0.3 is 9.72 Å². The van der Waals surface area contributed by atoms with Gasteiger partial charge in [0.1, 0.15) is 5.82 Å². The van der Waals surface area contributed by atoms with E-state index in [0.29, 0.717) is 12.5 Å². The number of ether oxygens (including phenoxy) is 1. The zero-order valence-electron chi connectivity index (χ0n) is 8.26. The van der Waals surface area contributed by atoms with Gasteiger partial charge in [-0.05, 0) is 6.42 Å². The third-order valence-corrected chi connectivity index (χ3v) is 2.69. The van der Waals surface area contributed by atoms with Gasteiger partial charge in [-0.3, -0.25) is 0 Å². The van der Waals surface area contributed by atoms with Crippen LogP contribution in [0.5, 0.6) is 0 Å². The van der Waals surface area contributed by atoms with Crippen LogP contribution >= 0.6 is 0 Å². The first kappa shape index (κ1) is 8.75. The maximum atomic E-state index is 5.35. The predicted octanol–water partition coefficient (Wildman–Crippen LogP) is 2.00. The highest BCUT2D eigenvalue weighted by Crippen LogP contribution is 2.20. The summed E-state index contributed by atoms with van der Waals surface area (Å²) in [4.78, 5) is 7.93. The third kappa shape index (κ3) is 1.61. The van der Waals surface area contributed by atoms with Crippen LogP contribution in [0.2, 0.25) is 0 Å². The lowest BCUT2D eigenvalue weighted by molar-refractivity contribution is 0.107. The van der Waals surface area contributed by atoms with Crippen LogP contribution in [0.3, 0.4) is 0 Å². The Morgan fingerprint density at radius 1 is 1.62 bits per heavy atom. The largest absolute Gasteiger partial charge is 0.375 e. The molecule has 2 rings (SSSR count). The van der Waals surface area contributed by atoms with Crippen LogP contribution in [0.25, 0.3) is 0 Å². The van der Waals surface area contributed by atoms with Crippen LogP contribution in [0.15, 0.2) is 0 Å². The molecule has 13 heavy (non-hydrogen) atoms. The molecular formula is C10H16N2O. The third-order valence-electron chi connectivity index (χ3n) is 2.69. The zero-order valence-corrected chi connectivity index (χ0v) is 8.26. The molecule has 1 aromatic heterocycles. The Kier molecular flexibility index (Phi) is 2.36. The maximum Gasteiger partial charge on any atom is 0.109 e. The number of H-pyrrole nitrogens is 1. The minimum absolute atomic E-state index is 0.533. The van der Waals surface area contributed by atoms with E-state index in [1.54, 1.807) is 0 Å². The van der Waals surface area contributed by atoms with Gasteiger partial charge in [-0.15, -0.1) is 0 Å². The molecule has 0 amide bonds. The molecule has 1 unspecified atom stereocenters. The van der Waals surface area contributed by atoms with Crippen molar-refractivity contribution in [3.8, 4) is 0 Å². The van der Waals surface area contributed by atoms with E-state index in [0.717, 1.165) is 25.3 Å². The summed E-state index contributed by atoms with van der Waals surface area (Å²) in [6.45, 7) is 5.91. The van der Waals surface area contributed by atoms with Gasteiger partial charge in [0.05, 0.1) is 24.6 Å². The lowest BCUT2D eigenvalue weighted by Gasteiger charge is -2.09. The number of aromatic amines is 1. The van der Waals surface area contributed by atoms with Crippen LogP contribution in [-0.4, -0.2) is 16.6 Å². The van der Waals surface area contributed by atoms with Gasteiger partial charge in [-0.25, -0.2) is 4.98 Å². The van der Waals surface area contributed by atoms with Gasteiger partial charge in [0.15, 0.2) is 0 Å². The second kappa shape index (κ2) is 3.50. The van der Waals surface area contributed by atoms with E-state index in [-0.39, 0.29) is 0 Å². The molecule has 0 aromatic carbocycles. The van der Waals surface area contributed by atoms with Crippen molar-refractivity contribution in [2.24, 2.45) is 0 Å². The molecule has 1 aliphatic rings. The molecule has 1 aromatic rings. The molecular weight excluding hydrogens is 164 g/mol. The number of hydrogen-bond acceptors (Lipinski definition) is 2. The summed E-state index contributed by atoms with van der Waals surface area (Å²) in [7, 11) is 0. The topological polar surface area (TPSA) is 37.9 Å². The fourth-order valence-electron chi connectivity index (χ4n) is 1.56. The van der Waals surface area contributed by atoms with Crippen molar-refractivity contribution < 1.29 is 4.74 Å². The first-order valence-electron chi connectivity index (χ1n) is 4.96. The standard InChI is InChI=1S/C10H16N2O/c1-3-7(2)10-11-8-4-5-13-6-9(8)12-10/h7H,3-6H2,1-2H3,(H,11,12). The first-order chi connectivity index (χ1) is 6.31. The minimum Gasteiger partial charge on any atom is -0.375 e. The lowest BCUT2D eigenvalue weighted by atomic mass is 10.1. The number of nitrogens with one attached hydrogen (secondary N) is 1. The summed E-state index contributed by atoms with van der Waals surface area (Å²) in [6.07, 6.45) is 2.09. The Morgan fingerprint density at radius 3 is 3.15 bits per heavy atom. The molecule has 0 fully saturated rings. The van der Waals surface area contributed by atoms with Crippen LogP contribution in [0.1, 0.15) is 43.4 Å². The van der Waals surface area contributed by atoms with Crippen molar-refractivity contribution in [3.05, 3.63) is 17.2 Å². The van der Waals surface area contributed by atoms with E-state index in [4.69, 9.17) is 4.74 Å². The van der Waals surface area contributed by atoms with Crippen LogP contribution in [0.4, 0.5) is 0 Å². The van der Waals surface area contributed by atoms with Gasteiger partial charge >= 0.3 is 0 Å². The predicted molar refractivity (Wildman–Crippen MR) is 50.7 cm³/mol. The zero-order chi connectivity index (χ0) is 9.26. The van der Waals surface area contributed by atoms with Crippen LogP contribution in [-0.2, 0) is 17.8 Å². The van der Waals surface area contributed by atoms with E-state index < -0.39 is 0 Å². The number of hydrogen-bond donors (Lipinski definition) is 1. The van der Waals surface area contributed by atoms with Gasteiger partial charge in [-0.2, -0.15) is 0 Å². The summed E-state index contributed by atoms with van der Waals surface area (Å²) in [5.74, 6) is 1.66. The molecule has 2 heterocycles. The molecule has 0 aliphatic carbocycles. The molecule has 1 N–H and O–H groups in total. The van der Waals surface area contributed by atoms with Gasteiger partial charge in [0.2, 0.25) is 0 Å². The molecule has 1 atom stereocenters. The summed E-state index contributed by atoms with van der Waals surface area (Å²) in [6, 6.07) is 0. The Bertz CT molecular complexity index is 270. The smallest absolute Gasteiger partial charge is 0.109 e.